The molecule has 0 saturated carbocycles. The van der Waals surface area contributed by atoms with Gasteiger partial charge >= 0.3 is 11.8 Å². The Hall–Kier alpha value is -1.69. The minimum atomic E-state index is -1.13. The van der Waals surface area contributed by atoms with Crippen LogP contribution in [0.1, 0.15) is 40.0 Å². The molecule has 128 valence electrons. The van der Waals surface area contributed by atoms with E-state index in [1.54, 1.807) is 30.5 Å². The summed E-state index contributed by atoms with van der Waals surface area (Å²) in [5.74, 6) is -1.36. The van der Waals surface area contributed by atoms with E-state index in [1.807, 2.05) is 0 Å². The standard InChI is InChI=1S/C17H26N2O3S/c1-17(2,3)10-5-6-11-18-15(20)16(21)19-13-8-7-9-14(12-13)23(4)22/h7-9,12H,5-6,10-11H2,1-4H3,(H,18,20)(H,19,21). The number of hydrogen-bond acceptors (Lipinski definition) is 3. The highest BCUT2D eigenvalue weighted by atomic mass is 32.2. The first-order valence-corrected chi connectivity index (χ1v) is 9.27. The van der Waals surface area contributed by atoms with E-state index in [0.29, 0.717) is 17.1 Å². The Balaban J connectivity index is 2.38. The van der Waals surface area contributed by atoms with E-state index >= 15 is 0 Å². The lowest BCUT2D eigenvalue weighted by molar-refractivity contribution is -0.136. The number of carbonyl (C=O) groups is 2. The average molecular weight is 338 g/mol. The van der Waals surface area contributed by atoms with Crippen LogP contribution < -0.4 is 10.6 Å². The highest BCUT2D eigenvalue weighted by Crippen LogP contribution is 2.21. The van der Waals surface area contributed by atoms with Gasteiger partial charge in [0.1, 0.15) is 0 Å². The van der Waals surface area contributed by atoms with Crippen LogP contribution in [0.5, 0.6) is 0 Å². The second-order valence-corrected chi connectivity index (χ2v) is 8.09. The van der Waals surface area contributed by atoms with Crippen LogP contribution in [0.4, 0.5) is 5.69 Å². The SMILES string of the molecule is CS(=O)c1cccc(NC(=O)C(=O)NCCCCC(C)(C)C)c1. The van der Waals surface area contributed by atoms with Gasteiger partial charge in [0.2, 0.25) is 0 Å². The highest BCUT2D eigenvalue weighted by molar-refractivity contribution is 7.84. The number of hydrogen-bond donors (Lipinski definition) is 2. The van der Waals surface area contributed by atoms with Crippen LogP contribution in [-0.2, 0) is 20.4 Å². The largest absolute Gasteiger partial charge is 0.348 e. The maximum Gasteiger partial charge on any atom is 0.313 e. The molecule has 0 heterocycles. The maximum absolute atomic E-state index is 11.8. The molecule has 1 aromatic carbocycles. The van der Waals surface area contributed by atoms with Gasteiger partial charge in [0, 0.05) is 34.2 Å². The van der Waals surface area contributed by atoms with Gasteiger partial charge in [0.25, 0.3) is 0 Å². The lowest BCUT2D eigenvalue weighted by Crippen LogP contribution is -2.35. The molecule has 1 atom stereocenters. The molecule has 0 aliphatic heterocycles. The molecule has 0 bridgehead atoms. The Morgan fingerprint density at radius 1 is 1.13 bits per heavy atom. The molecule has 2 N–H and O–H groups in total. The van der Waals surface area contributed by atoms with Gasteiger partial charge in [-0.1, -0.05) is 33.3 Å². The fourth-order valence-corrected chi connectivity index (χ4v) is 2.57. The second-order valence-electron chi connectivity index (χ2n) is 6.71. The summed E-state index contributed by atoms with van der Waals surface area (Å²) in [4.78, 5) is 24.2. The minimum Gasteiger partial charge on any atom is -0.348 e. The molecule has 6 heteroatoms. The first kappa shape index (κ1) is 19.4. The van der Waals surface area contributed by atoms with Crippen molar-refractivity contribution < 1.29 is 13.8 Å². The number of benzene rings is 1. The van der Waals surface area contributed by atoms with Gasteiger partial charge in [0.05, 0.1) is 0 Å². The Labute approximate surface area is 140 Å². The summed E-state index contributed by atoms with van der Waals surface area (Å²) >= 11 is 0. The molecule has 0 saturated heterocycles. The fourth-order valence-electron chi connectivity index (χ4n) is 2.00. The van der Waals surface area contributed by atoms with Crippen molar-refractivity contribution in [3.63, 3.8) is 0 Å². The first-order chi connectivity index (χ1) is 10.7. The van der Waals surface area contributed by atoms with E-state index in [0.717, 1.165) is 19.3 Å². The topological polar surface area (TPSA) is 75.3 Å². The third kappa shape index (κ3) is 7.93. The summed E-state index contributed by atoms with van der Waals surface area (Å²) in [7, 11) is -1.13. The van der Waals surface area contributed by atoms with Crippen molar-refractivity contribution in [2.45, 2.75) is 44.9 Å². The highest BCUT2D eigenvalue weighted by Gasteiger charge is 2.14. The number of unbranched alkanes of at least 4 members (excludes halogenated alkanes) is 1. The van der Waals surface area contributed by atoms with Crippen molar-refractivity contribution in [2.24, 2.45) is 5.41 Å². The quantitative estimate of drug-likeness (QED) is 0.618. The van der Waals surface area contributed by atoms with Gasteiger partial charge in [0.15, 0.2) is 0 Å². The van der Waals surface area contributed by atoms with Crippen molar-refractivity contribution in [2.75, 3.05) is 18.1 Å². The summed E-state index contributed by atoms with van der Waals surface area (Å²) < 4.78 is 11.4. The van der Waals surface area contributed by atoms with Crippen LogP contribution in [0.3, 0.4) is 0 Å². The molecule has 23 heavy (non-hydrogen) atoms. The number of amides is 2. The van der Waals surface area contributed by atoms with Gasteiger partial charge < -0.3 is 10.6 Å². The normalized spacial score (nSPS) is 12.5. The number of anilines is 1. The first-order valence-electron chi connectivity index (χ1n) is 7.72. The predicted octanol–water partition coefficient (Wildman–Crippen LogP) is 2.70. The molecule has 1 rings (SSSR count). The molecular weight excluding hydrogens is 312 g/mol. The molecular formula is C17H26N2O3S. The van der Waals surface area contributed by atoms with Crippen LogP contribution in [0.2, 0.25) is 0 Å². The smallest absolute Gasteiger partial charge is 0.313 e. The summed E-state index contributed by atoms with van der Waals surface area (Å²) in [6, 6.07) is 6.66. The zero-order chi connectivity index (χ0) is 17.5. The molecule has 1 aromatic rings. The van der Waals surface area contributed by atoms with Gasteiger partial charge in [-0.05, 0) is 36.5 Å². The Morgan fingerprint density at radius 3 is 2.43 bits per heavy atom. The van der Waals surface area contributed by atoms with Gasteiger partial charge in [-0.2, -0.15) is 0 Å². The lowest BCUT2D eigenvalue weighted by atomic mass is 9.90. The molecule has 0 aromatic heterocycles. The van der Waals surface area contributed by atoms with Crippen LogP contribution in [0, 0.1) is 5.41 Å². The molecule has 0 aliphatic rings. The molecule has 0 fully saturated rings. The van der Waals surface area contributed by atoms with Gasteiger partial charge in [-0.3, -0.25) is 13.8 Å². The van der Waals surface area contributed by atoms with E-state index in [2.05, 4.69) is 31.4 Å². The Bertz CT molecular complexity index is 579. The van der Waals surface area contributed by atoms with Crippen molar-refractivity contribution in [3.8, 4) is 0 Å². The number of nitrogens with one attached hydrogen (secondary N) is 2. The molecule has 0 radical (unpaired) electrons. The van der Waals surface area contributed by atoms with E-state index < -0.39 is 22.6 Å². The summed E-state index contributed by atoms with van der Waals surface area (Å²) in [6.45, 7) is 7.02. The van der Waals surface area contributed by atoms with Crippen LogP contribution in [0.15, 0.2) is 29.2 Å². The zero-order valence-electron chi connectivity index (χ0n) is 14.3. The van der Waals surface area contributed by atoms with E-state index in [4.69, 9.17) is 0 Å². The summed E-state index contributed by atoms with van der Waals surface area (Å²) in [6.07, 6.45) is 4.50. The summed E-state index contributed by atoms with van der Waals surface area (Å²) in [5.41, 5.74) is 0.747. The molecule has 1 unspecified atom stereocenters. The Morgan fingerprint density at radius 2 is 1.83 bits per heavy atom. The Kier molecular flexibility index (Phi) is 7.42. The van der Waals surface area contributed by atoms with Crippen molar-refractivity contribution in [1.82, 2.24) is 5.32 Å². The zero-order valence-corrected chi connectivity index (χ0v) is 15.1. The van der Waals surface area contributed by atoms with Crippen molar-refractivity contribution in [3.05, 3.63) is 24.3 Å². The van der Waals surface area contributed by atoms with Crippen LogP contribution >= 0.6 is 0 Å². The maximum atomic E-state index is 11.8. The van der Waals surface area contributed by atoms with Gasteiger partial charge in [-0.25, -0.2) is 0 Å². The molecule has 0 spiro atoms. The van der Waals surface area contributed by atoms with Gasteiger partial charge in [-0.15, -0.1) is 0 Å². The van der Waals surface area contributed by atoms with E-state index in [9.17, 15) is 13.8 Å². The fraction of sp³-hybridized carbons (Fsp3) is 0.529. The van der Waals surface area contributed by atoms with Crippen LogP contribution in [0.25, 0.3) is 0 Å². The third-order valence-corrected chi connectivity index (χ3v) is 4.19. The minimum absolute atomic E-state index is 0.283. The lowest BCUT2D eigenvalue weighted by Gasteiger charge is -2.17. The van der Waals surface area contributed by atoms with Crippen molar-refractivity contribution in [1.29, 1.82) is 0 Å². The van der Waals surface area contributed by atoms with E-state index in [-0.39, 0.29) is 5.41 Å². The molecule has 0 aliphatic carbocycles. The predicted molar refractivity (Wildman–Crippen MR) is 93.7 cm³/mol. The molecule has 2 amide bonds. The van der Waals surface area contributed by atoms with Crippen molar-refractivity contribution >= 4 is 28.3 Å². The molecule has 5 nitrogen and oxygen atoms in total. The van der Waals surface area contributed by atoms with E-state index in [1.165, 1.54) is 0 Å². The average Bonchev–Trinajstić information content (AvgIpc) is 2.45. The van der Waals surface area contributed by atoms with Crippen LogP contribution in [-0.4, -0.2) is 28.8 Å². The third-order valence-electron chi connectivity index (χ3n) is 3.27. The summed E-state index contributed by atoms with van der Waals surface area (Å²) in [5, 5.41) is 5.13. The number of rotatable bonds is 6. The number of carbonyl (C=O) groups excluding carboxylic acids is 2. The monoisotopic (exact) mass is 338 g/mol. The second kappa shape index (κ2) is 8.82.